The van der Waals surface area contributed by atoms with Gasteiger partial charge < -0.3 is 9.32 Å². The third-order valence-electron chi connectivity index (χ3n) is 4.83. The fourth-order valence-corrected chi connectivity index (χ4v) is 4.99. The smallest absolute Gasteiger partial charge is 0.290 e. The molecule has 5 rings (SSSR count). The Kier molecular flexibility index (Phi) is 4.68. The summed E-state index contributed by atoms with van der Waals surface area (Å²) in [6, 6.07) is 11.7. The predicted octanol–water partition coefficient (Wildman–Crippen LogP) is 3.76. The molecule has 0 saturated carbocycles. The molecule has 1 aromatic carbocycles. The van der Waals surface area contributed by atoms with Crippen LogP contribution in [0, 0.1) is 0 Å². The number of carbonyl (C=O) groups is 2. The first kappa shape index (κ1) is 18.7. The number of anilines is 1. The number of amides is 2. The normalized spacial score (nSPS) is 13.3. The van der Waals surface area contributed by atoms with Crippen molar-refractivity contribution in [2.24, 2.45) is 0 Å². The lowest BCUT2D eigenvalue weighted by Crippen LogP contribution is -2.35. The van der Waals surface area contributed by atoms with Crippen molar-refractivity contribution in [3.63, 3.8) is 0 Å². The first-order valence-corrected chi connectivity index (χ1v) is 10.9. The summed E-state index contributed by atoms with van der Waals surface area (Å²) < 4.78 is 5.69. The summed E-state index contributed by atoms with van der Waals surface area (Å²) in [6.45, 7) is 0.821. The van der Waals surface area contributed by atoms with Gasteiger partial charge in [-0.05, 0) is 23.6 Å². The van der Waals surface area contributed by atoms with E-state index in [1.165, 1.54) is 28.7 Å². The first-order chi connectivity index (χ1) is 14.6. The summed E-state index contributed by atoms with van der Waals surface area (Å²) in [5, 5.41) is 5.63. The molecule has 0 atom stereocenters. The van der Waals surface area contributed by atoms with E-state index in [1.54, 1.807) is 35.2 Å². The van der Waals surface area contributed by atoms with E-state index in [9.17, 15) is 14.4 Å². The molecular weight excluding hydrogens is 422 g/mol. The number of aromatic nitrogens is 1. The Hall–Kier alpha value is -3.30. The number of carbonyl (C=O) groups excluding carboxylic acids is 2. The number of benzene rings is 1. The van der Waals surface area contributed by atoms with Crippen LogP contribution in [0.25, 0.3) is 11.0 Å². The molecule has 0 spiro atoms. The van der Waals surface area contributed by atoms with E-state index in [0.717, 1.165) is 10.6 Å². The maximum atomic E-state index is 13.0. The number of rotatable bonds is 3. The molecule has 0 saturated heterocycles. The molecule has 30 heavy (non-hydrogen) atoms. The minimum absolute atomic E-state index is 0.0258. The number of hydrogen-bond donors (Lipinski definition) is 1. The molecule has 9 heteroatoms. The van der Waals surface area contributed by atoms with Gasteiger partial charge in [0.05, 0.1) is 22.5 Å². The van der Waals surface area contributed by atoms with Crippen molar-refractivity contribution < 1.29 is 14.0 Å². The highest BCUT2D eigenvalue weighted by molar-refractivity contribution is 7.16. The van der Waals surface area contributed by atoms with Crippen LogP contribution in [0.3, 0.4) is 0 Å². The average Bonchev–Trinajstić information content (AvgIpc) is 3.42. The summed E-state index contributed by atoms with van der Waals surface area (Å²) >= 11 is 2.72. The molecule has 3 aromatic heterocycles. The zero-order valence-corrected chi connectivity index (χ0v) is 17.2. The van der Waals surface area contributed by atoms with Gasteiger partial charge in [0, 0.05) is 23.9 Å². The quantitative estimate of drug-likeness (QED) is 0.527. The second kappa shape index (κ2) is 7.51. The van der Waals surface area contributed by atoms with Crippen LogP contribution in [-0.4, -0.2) is 28.2 Å². The van der Waals surface area contributed by atoms with Gasteiger partial charge in [-0.15, -0.1) is 11.3 Å². The summed E-state index contributed by atoms with van der Waals surface area (Å²) in [4.78, 5) is 45.2. The van der Waals surface area contributed by atoms with Crippen LogP contribution in [-0.2, 0) is 13.0 Å². The Bertz CT molecular complexity index is 1320. The molecule has 1 N–H and O–H groups in total. The third kappa shape index (κ3) is 3.42. The molecule has 0 fully saturated rings. The molecular formula is C21H15N3O4S2. The lowest BCUT2D eigenvalue weighted by molar-refractivity contribution is 0.0704. The maximum absolute atomic E-state index is 13.0. The fourth-order valence-electron chi connectivity index (χ4n) is 3.35. The van der Waals surface area contributed by atoms with Crippen LogP contribution < -0.4 is 10.7 Å². The van der Waals surface area contributed by atoms with Gasteiger partial charge in [0.1, 0.15) is 5.58 Å². The first-order valence-electron chi connectivity index (χ1n) is 9.24. The van der Waals surface area contributed by atoms with Crippen molar-refractivity contribution in [1.29, 1.82) is 0 Å². The van der Waals surface area contributed by atoms with E-state index in [1.807, 2.05) is 11.4 Å². The zero-order valence-electron chi connectivity index (χ0n) is 15.6. The molecule has 0 aliphatic carbocycles. The number of thiazole rings is 1. The van der Waals surface area contributed by atoms with Crippen molar-refractivity contribution in [2.75, 3.05) is 11.9 Å². The topological polar surface area (TPSA) is 92.5 Å². The van der Waals surface area contributed by atoms with Gasteiger partial charge in [-0.3, -0.25) is 19.7 Å². The fraction of sp³-hybridized carbons (Fsp3) is 0.143. The average molecular weight is 438 g/mol. The van der Waals surface area contributed by atoms with Crippen molar-refractivity contribution in [3.8, 4) is 0 Å². The molecule has 0 radical (unpaired) electrons. The Morgan fingerprint density at radius 3 is 2.87 bits per heavy atom. The maximum Gasteiger partial charge on any atom is 0.290 e. The van der Waals surface area contributed by atoms with E-state index < -0.39 is 0 Å². The molecule has 4 heterocycles. The second-order valence-corrected chi connectivity index (χ2v) is 8.80. The molecule has 0 bridgehead atoms. The number of para-hydroxylation sites is 1. The van der Waals surface area contributed by atoms with E-state index in [0.29, 0.717) is 40.5 Å². The molecule has 0 unspecified atom stereocenters. The van der Waals surface area contributed by atoms with Gasteiger partial charge in [0.2, 0.25) is 0 Å². The molecule has 2 amide bonds. The van der Waals surface area contributed by atoms with E-state index in [4.69, 9.17) is 4.42 Å². The van der Waals surface area contributed by atoms with Gasteiger partial charge in [-0.1, -0.05) is 29.5 Å². The number of nitrogens with one attached hydrogen (secondary N) is 1. The van der Waals surface area contributed by atoms with Crippen LogP contribution in [0.1, 0.15) is 30.8 Å². The van der Waals surface area contributed by atoms with Gasteiger partial charge >= 0.3 is 0 Å². The number of fused-ring (bicyclic) bond motifs is 2. The van der Waals surface area contributed by atoms with Crippen LogP contribution in [0.2, 0.25) is 0 Å². The standard InChI is InChI=1S/C21H15N3O4S2/c25-14-10-16(28-15-5-2-1-4-12(14)15)20(27)24-8-7-13-18(11-24)30-21(22-13)23-19(26)17-6-3-9-29-17/h1-6,9-10H,7-8,11H2,(H,22,23,26). The van der Waals surface area contributed by atoms with Gasteiger partial charge in [-0.25, -0.2) is 4.98 Å². The van der Waals surface area contributed by atoms with E-state index in [-0.39, 0.29) is 23.0 Å². The summed E-state index contributed by atoms with van der Waals surface area (Å²) in [7, 11) is 0. The number of nitrogens with zero attached hydrogens (tertiary/aromatic N) is 2. The highest BCUT2D eigenvalue weighted by Gasteiger charge is 2.27. The molecule has 4 aromatic rings. The van der Waals surface area contributed by atoms with Crippen LogP contribution in [0.15, 0.2) is 57.1 Å². The molecule has 7 nitrogen and oxygen atoms in total. The third-order valence-corrected chi connectivity index (χ3v) is 6.70. The summed E-state index contributed by atoms with van der Waals surface area (Å²) in [5.74, 6) is -0.499. The minimum atomic E-state index is -0.332. The SMILES string of the molecule is O=C(Nc1nc2c(s1)CN(C(=O)c1cc(=O)c3ccccc3o1)CC2)c1cccs1. The highest BCUT2D eigenvalue weighted by Crippen LogP contribution is 2.29. The Labute approximate surface area is 178 Å². The van der Waals surface area contributed by atoms with Gasteiger partial charge in [0.15, 0.2) is 16.3 Å². The highest BCUT2D eigenvalue weighted by atomic mass is 32.1. The monoisotopic (exact) mass is 437 g/mol. The van der Waals surface area contributed by atoms with Crippen LogP contribution in [0.5, 0.6) is 0 Å². The van der Waals surface area contributed by atoms with Crippen molar-refractivity contribution in [1.82, 2.24) is 9.88 Å². The minimum Gasteiger partial charge on any atom is -0.451 e. The Morgan fingerprint density at radius 2 is 2.03 bits per heavy atom. The predicted molar refractivity (Wildman–Crippen MR) is 115 cm³/mol. The molecule has 1 aliphatic heterocycles. The van der Waals surface area contributed by atoms with E-state index in [2.05, 4.69) is 10.3 Å². The van der Waals surface area contributed by atoms with Crippen molar-refractivity contribution >= 4 is 50.6 Å². The largest absolute Gasteiger partial charge is 0.451 e. The molecule has 150 valence electrons. The zero-order chi connectivity index (χ0) is 20.7. The van der Waals surface area contributed by atoms with E-state index >= 15 is 0 Å². The lowest BCUT2D eigenvalue weighted by Gasteiger charge is -2.25. The van der Waals surface area contributed by atoms with Crippen molar-refractivity contribution in [3.05, 3.63) is 79.3 Å². The molecule has 1 aliphatic rings. The van der Waals surface area contributed by atoms with Gasteiger partial charge in [0.25, 0.3) is 11.8 Å². The lowest BCUT2D eigenvalue weighted by atomic mass is 10.1. The number of hydrogen-bond acceptors (Lipinski definition) is 7. The Balaban J connectivity index is 1.35. The summed E-state index contributed by atoms with van der Waals surface area (Å²) in [5.41, 5.74) is 1.03. The van der Waals surface area contributed by atoms with Crippen LogP contribution >= 0.6 is 22.7 Å². The van der Waals surface area contributed by atoms with Gasteiger partial charge in [-0.2, -0.15) is 0 Å². The van der Waals surface area contributed by atoms with Crippen molar-refractivity contribution in [2.45, 2.75) is 13.0 Å². The summed E-state index contributed by atoms with van der Waals surface area (Å²) in [6.07, 6.45) is 0.574. The van der Waals surface area contributed by atoms with Crippen LogP contribution in [0.4, 0.5) is 5.13 Å². The Morgan fingerprint density at radius 1 is 1.17 bits per heavy atom. The second-order valence-electron chi connectivity index (χ2n) is 6.77. The number of thiophene rings is 1.